The minimum absolute atomic E-state index is 0.0826. The van der Waals surface area contributed by atoms with E-state index in [-0.39, 0.29) is 4.90 Å². The molecule has 0 unspecified atom stereocenters. The van der Waals surface area contributed by atoms with E-state index in [1.54, 1.807) is 49.6 Å². The fourth-order valence-corrected chi connectivity index (χ4v) is 5.39. The number of benzene rings is 3. The number of anilines is 1. The zero-order valence-corrected chi connectivity index (χ0v) is 20.1. The van der Waals surface area contributed by atoms with E-state index in [1.165, 1.54) is 12.1 Å². The summed E-state index contributed by atoms with van der Waals surface area (Å²) >= 11 is 5.98. The molecule has 0 spiro atoms. The van der Waals surface area contributed by atoms with Gasteiger partial charge in [-0.3, -0.25) is 9.10 Å². The number of sulfonamides is 1. The Morgan fingerprint density at radius 2 is 1.79 bits per heavy atom. The van der Waals surface area contributed by atoms with Crippen LogP contribution in [0.3, 0.4) is 0 Å². The molecule has 0 bridgehead atoms. The van der Waals surface area contributed by atoms with Gasteiger partial charge in [-0.2, -0.15) is 5.10 Å². The molecule has 3 aromatic rings. The molecule has 0 saturated heterocycles. The fourth-order valence-electron chi connectivity index (χ4n) is 3.82. The van der Waals surface area contributed by atoms with Gasteiger partial charge in [0.25, 0.3) is 15.9 Å². The molecule has 0 radical (unpaired) electrons. The summed E-state index contributed by atoms with van der Waals surface area (Å²) in [6, 6.07) is 20.0. The smallest absolute Gasteiger partial charge is 0.264 e. The molecule has 9 heteroatoms. The van der Waals surface area contributed by atoms with Crippen molar-refractivity contribution in [3.05, 3.63) is 88.9 Å². The Kier molecular flexibility index (Phi) is 7.19. The van der Waals surface area contributed by atoms with Crippen molar-refractivity contribution in [2.24, 2.45) is 5.10 Å². The average molecular weight is 498 g/mol. The van der Waals surface area contributed by atoms with Crippen LogP contribution in [0.1, 0.15) is 24.0 Å². The predicted molar refractivity (Wildman–Crippen MR) is 133 cm³/mol. The molecule has 34 heavy (non-hydrogen) atoms. The quantitative estimate of drug-likeness (QED) is 0.490. The van der Waals surface area contributed by atoms with Gasteiger partial charge in [0.2, 0.25) is 0 Å². The normalized spacial score (nSPS) is 14.4. The molecule has 0 heterocycles. The van der Waals surface area contributed by atoms with Crippen molar-refractivity contribution in [1.82, 2.24) is 5.43 Å². The standard InChI is InChI=1S/C25H24ClN3O4S/c1-33-21-14-15-23-18(16-21)6-5-9-24(23)27-28-25(30)17-29(20-12-10-19(26)11-13-20)34(31,32)22-7-3-2-4-8-22/h2-4,7-8,10-16H,5-6,9,17H2,1H3,(H,28,30)/b27-24-. The monoisotopic (exact) mass is 497 g/mol. The average Bonchev–Trinajstić information content (AvgIpc) is 2.86. The molecule has 7 nitrogen and oxygen atoms in total. The van der Waals surface area contributed by atoms with Gasteiger partial charge >= 0.3 is 0 Å². The lowest BCUT2D eigenvalue weighted by molar-refractivity contribution is -0.119. The molecule has 1 amide bonds. The number of aryl methyl sites for hydroxylation is 1. The number of fused-ring (bicyclic) bond motifs is 1. The molecule has 0 aliphatic heterocycles. The Morgan fingerprint density at radius 1 is 1.06 bits per heavy atom. The van der Waals surface area contributed by atoms with Crippen molar-refractivity contribution in [2.75, 3.05) is 18.0 Å². The lowest BCUT2D eigenvalue weighted by Gasteiger charge is -2.24. The third-order valence-corrected chi connectivity index (χ3v) is 7.57. The topological polar surface area (TPSA) is 88.1 Å². The van der Waals surface area contributed by atoms with Crippen LogP contribution in [0, 0.1) is 0 Å². The van der Waals surface area contributed by atoms with Gasteiger partial charge in [0, 0.05) is 10.6 Å². The number of hydrogen-bond acceptors (Lipinski definition) is 5. The first-order valence-corrected chi connectivity index (χ1v) is 12.6. The van der Waals surface area contributed by atoms with Crippen molar-refractivity contribution >= 4 is 38.9 Å². The molecule has 0 fully saturated rings. The molecule has 176 valence electrons. The number of ether oxygens (including phenoxy) is 1. The van der Waals surface area contributed by atoms with E-state index in [4.69, 9.17) is 16.3 Å². The summed E-state index contributed by atoms with van der Waals surface area (Å²) in [6.07, 6.45) is 2.51. The maximum absolute atomic E-state index is 13.3. The van der Waals surface area contributed by atoms with Crippen molar-refractivity contribution in [3.63, 3.8) is 0 Å². The number of methoxy groups -OCH3 is 1. The fraction of sp³-hybridized carbons (Fsp3) is 0.200. The van der Waals surface area contributed by atoms with E-state index in [0.29, 0.717) is 17.1 Å². The molecule has 0 aromatic heterocycles. The van der Waals surface area contributed by atoms with Gasteiger partial charge in [-0.1, -0.05) is 29.8 Å². The molecule has 4 rings (SSSR count). The number of nitrogens with zero attached hydrogens (tertiary/aromatic N) is 2. The minimum atomic E-state index is -3.99. The molecule has 0 saturated carbocycles. The van der Waals surface area contributed by atoms with E-state index in [0.717, 1.165) is 39.7 Å². The first-order chi connectivity index (χ1) is 16.4. The van der Waals surface area contributed by atoms with Crippen LogP contribution in [0.2, 0.25) is 5.02 Å². The maximum Gasteiger partial charge on any atom is 0.264 e. The van der Waals surface area contributed by atoms with E-state index in [1.807, 2.05) is 18.2 Å². The number of nitrogens with one attached hydrogen (secondary N) is 1. The highest BCUT2D eigenvalue weighted by atomic mass is 35.5. The first-order valence-electron chi connectivity index (χ1n) is 10.7. The SMILES string of the molecule is COc1ccc2c(c1)CCC/C2=N/NC(=O)CN(c1ccc(Cl)cc1)S(=O)(=O)c1ccccc1. The summed E-state index contributed by atoms with van der Waals surface area (Å²) < 4.78 is 33.0. The van der Waals surface area contributed by atoms with Crippen molar-refractivity contribution in [1.29, 1.82) is 0 Å². The van der Waals surface area contributed by atoms with Crippen LogP contribution >= 0.6 is 11.6 Å². The van der Waals surface area contributed by atoms with Gasteiger partial charge < -0.3 is 4.74 Å². The zero-order chi connectivity index (χ0) is 24.1. The number of carbonyl (C=O) groups excluding carboxylic acids is 1. The Balaban J connectivity index is 1.58. The molecule has 1 aliphatic rings. The Hall–Kier alpha value is -3.36. The zero-order valence-electron chi connectivity index (χ0n) is 18.6. The summed E-state index contributed by atoms with van der Waals surface area (Å²) in [4.78, 5) is 12.9. The third kappa shape index (κ3) is 5.24. The highest BCUT2D eigenvalue weighted by Crippen LogP contribution is 2.27. The van der Waals surface area contributed by atoms with Crippen molar-refractivity contribution < 1.29 is 17.9 Å². The Bertz CT molecular complexity index is 1310. The van der Waals surface area contributed by atoms with Crippen LogP contribution in [-0.2, 0) is 21.2 Å². The van der Waals surface area contributed by atoms with Crippen LogP contribution in [0.5, 0.6) is 5.75 Å². The molecular weight excluding hydrogens is 474 g/mol. The second-order valence-corrected chi connectivity index (χ2v) is 10.1. The van der Waals surface area contributed by atoms with Crippen molar-refractivity contribution in [3.8, 4) is 5.75 Å². The van der Waals surface area contributed by atoms with Crippen LogP contribution in [0.15, 0.2) is 82.8 Å². The minimum Gasteiger partial charge on any atom is -0.497 e. The van der Waals surface area contributed by atoms with E-state index in [9.17, 15) is 13.2 Å². The number of halogens is 1. The van der Waals surface area contributed by atoms with Gasteiger partial charge in [-0.25, -0.2) is 13.8 Å². The van der Waals surface area contributed by atoms with Gasteiger partial charge in [-0.05, 0) is 79.4 Å². The number of hydrazone groups is 1. The lowest BCUT2D eigenvalue weighted by atomic mass is 9.90. The largest absolute Gasteiger partial charge is 0.497 e. The van der Waals surface area contributed by atoms with Crippen LogP contribution in [0.25, 0.3) is 0 Å². The summed E-state index contributed by atoms with van der Waals surface area (Å²) in [5, 5.41) is 4.79. The van der Waals surface area contributed by atoms with Gasteiger partial charge in [0.05, 0.1) is 23.4 Å². The van der Waals surface area contributed by atoms with Gasteiger partial charge in [0.15, 0.2) is 0 Å². The Labute approximate surface area is 204 Å². The molecule has 0 atom stereocenters. The van der Waals surface area contributed by atoms with Gasteiger partial charge in [-0.15, -0.1) is 0 Å². The Morgan fingerprint density at radius 3 is 2.50 bits per heavy atom. The number of amides is 1. The number of rotatable bonds is 7. The van der Waals surface area contributed by atoms with Gasteiger partial charge in [0.1, 0.15) is 12.3 Å². The second-order valence-electron chi connectivity index (χ2n) is 7.77. The lowest BCUT2D eigenvalue weighted by Crippen LogP contribution is -2.39. The highest BCUT2D eigenvalue weighted by Gasteiger charge is 2.27. The molecule has 1 N–H and O–H groups in total. The number of carbonyl (C=O) groups is 1. The van der Waals surface area contributed by atoms with Crippen molar-refractivity contribution in [2.45, 2.75) is 24.2 Å². The maximum atomic E-state index is 13.3. The molecule has 3 aromatic carbocycles. The predicted octanol–water partition coefficient (Wildman–Crippen LogP) is 4.40. The summed E-state index contributed by atoms with van der Waals surface area (Å²) in [5.41, 5.74) is 5.68. The summed E-state index contributed by atoms with van der Waals surface area (Å²) in [6.45, 7) is -0.439. The first kappa shape index (κ1) is 23.8. The van der Waals surface area contributed by atoms with Crippen LogP contribution in [-0.4, -0.2) is 33.7 Å². The molecule has 1 aliphatic carbocycles. The number of hydrogen-bond donors (Lipinski definition) is 1. The van der Waals surface area contributed by atoms with E-state index in [2.05, 4.69) is 10.5 Å². The summed E-state index contributed by atoms with van der Waals surface area (Å²) in [7, 11) is -2.37. The third-order valence-electron chi connectivity index (χ3n) is 5.53. The molecular formula is C25H24ClN3O4S. The highest BCUT2D eigenvalue weighted by molar-refractivity contribution is 7.92. The summed E-state index contributed by atoms with van der Waals surface area (Å²) in [5.74, 6) is 0.219. The second kappa shape index (κ2) is 10.3. The van der Waals surface area contributed by atoms with E-state index < -0.39 is 22.5 Å². The van der Waals surface area contributed by atoms with Crippen LogP contribution in [0.4, 0.5) is 5.69 Å². The van der Waals surface area contributed by atoms with E-state index >= 15 is 0 Å². The van der Waals surface area contributed by atoms with Crippen LogP contribution < -0.4 is 14.5 Å².